The molecule has 0 aliphatic rings. The molecule has 5 heteroatoms. The van der Waals surface area contributed by atoms with E-state index in [1.54, 1.807) is 12.1 Å². The summed E-state index contributed by atoms with van der Waals surface area (Å²) in [6, 6.07) is 3.80. The predicted octanol–water partition coefficient (Wildman–Crippen LogP) is 2.79. The minimum Gasteiger partial charge on any atom is -0.469 e. The molecule has 0 fully saturated rings. The van der Waals surface area contributed by atoms with Crippen LogP contribution in [0.15, 0.2) is 22.7 Å². The van der Waals surface area contributed by atoms with Crippen LogP contribution in [0.4, 0.5) is 4.39 Å². The Hall–Kier alpha value is -0.940. The number of esters is 1. The molecule has 0 spiro atoms. The van der Waals surface area contributed by atoms with Crippen molar-refractivity contribution in [1.29, 1.82) is 0 Å². The van der Waals surface area contributed by atoms with Gasteiger partial charge >= 0.3 is 5.97 Å². The number of carbonyl (C=O) groups excluding carboxylic acids is 1. The highest BCUT2D eigenvalue weighted by molar-refractivity contribution is 9.10. The summed E-state index contributed by atoms with van der Waals surface area (Å²) in [5, 5.41) is 0. The molecule has 0 saturated heterocycles. The number of ether oxygens (including phenoxy) is 1. The molecule has 2 N–H and O–H groups in total. The largest absolute Gasteiger partial charge is 0.469 e. The summed E-state index contributed by atoms with van der Waals surface area (Å²) in [7, 11) is 1.30. The van der Waals surface area contributed by atoms with Gasteiger partial charge in [0.1, 0.15) is 5.82 Å². The molecule has 94 valence electrons. The Bertz CT molecular complexity index is 411. The maximum absolute atomic E-state index is 13.6. The number of methoxy groups -OCH3 is 1. The van der Waals surface area contributed by atoms with Crippen LogP contribution in [0.1, 0.15) is 24.9 Å². The van der Waals surface area contributed by atoms with Gasteiger partial charge in [-0.2, -0.15) is 0 Å². The van der Waals surface area contributed by atoms with Gasteiger partial charge in [0.25, 0.3) is 0 Å². The molecular formula is C12H15BrFNO2. The fourth-order valence-corrected chi connectivity index (χ4v) is 2.08. The van der Waals surface area contributed by atoms with Crippen molar-refractivity contribution in [3.05, 3.63) is 34.1 Å². The van der Waals surface area contributed by atoms with Gasteiger partial charge in [-0.1, -0.05) is 22.9 Å². The molecular weight excluding hydrogens is 289 g/mol. The zero-order valence-corrected chi connectivity index (χ0v) is 11.3. The minimum atomic E-state index is -0.704. The molecule has 2 unspecified atom stereocenters. The highest BCUT2D eigenvalue weighted by atomic mass is 79.9. The molecule has 17 heavy (non-hydrogen) atoms. The molecule has 0 saturated carbocycles. The van der Waals surface area contributed by atoms with Gasteiger partial charge in [0.2, 0.25) is 0 Å². The summed E-state index contributed by atoms with van der Waals surface area (Å²) in [5.74, 6) is -1.37. The second-order valence-corrected chi connectivity index (χ2v) is 4.65. The van der Waals surface area contributed by atoms with Gasteiger partial charge in [-0.25, -0.2) is 4.39 Å². The van der Waals surface area contributed by atoms with E-state index in [9.17, 15) is 9.18 Å². The van der Waals surface area contributed by atoms with E-state index in [0.29, 0.717) is 12.0 Å². The topological polar surface area (TPSA) is 52.3 Å². The summed E-state index contributed by atoms with van der Waals surface area (Å²) < 4.78 is 19.0. The molecule has 3 nitrogen and oxygen atoms in total. The zero-order chi connectivity index (χ0) is 13.0. The van der Waals surface area contributed by atoms with Gasteiger partial charge in [0, 0.05) is 16.1 Å². The van der Waals surface area contributed by atoms with E-state index in [0.717, 1.165) is 4.47 Å². The average molecular weight is 304 g/mol. The van der Waals surface area contributed by atoms with Gasteiger partial charge in [0.15, 0.2) is 0 Å². The van der Waals surface area contributed by atoms with Crippen LogP contribution in [0.5, 0.6) is 0 Å². The highest BCUT2D eigenvalue weighted by Gasteiger charge is 2.27. The standard InChI is InChI=1S/C12H15BrFNO2/c1-3-8(12(16)17-2)11(15)9-6-7(13)4-5-10(9)14/h4-6,8,11H,3,15H2,1-2H3. The van der Waals surface area contributed by atoms with Gasteiger partial charge in [-0.05, 0) is 24.6 Å². The molecule has 0 aliphatic heterocycles. The summed E-state index contributed by atoms with van der Waals surface area (Å²) in [5.41, 5.74) is 6.25. The maximum atomic E-state index is 13.6. The van der Waals surface area contributed by atoms with E-state index in [2.05, 4.69) is 20.7 Å². The summed E-state index contributed by atoms with van der Waals surface area (Å²) in [6.45, 7) is 1.82. The number of hydrogen-bond donors (Lipinski definition) is 1. The van der Waals surface area contributed by atoms with Crippen LogP contribution >= 0.6 is 15.9 Å². The lowest BCUT2D eigenvalue weighted by atomic mass is 9.91. The first-order chi connectivity index (χ1) is 8.01. The summed E-state index contributed by atoms with van der Waals surface area (Å²) >= 11 is 3.25. The Labute approximate surface area is 108 Å². The monoisotopic (exact) mass is 303 g/mol. The Morgan fingerprint density at radius 1 is 1.59 bits per heavy atom. The van der Waals surface area contributed by atoms with Crippen LogP contribution in [0.3, 0.4) is 0 Å². The minimum absolute atomic E-state index is 0.316. The van der Waals surface area contributed by atoms with E-state index in [1.165, 1.54) is 13.2 Å². The molecule has 1 aromatic carbocycles. The lowest BCUT2D eigenvalue weighted by Crippen LogP contribution is -2.29. The van der Waals surface area contributed by atoms with Gasteiger partial charge in [-0.3, -0.25) is 4.79 Å². The number of hydrogen-bond acceptors (Lipinski definition) is 3. The zero-order valence-electron chi connectivity index (χ0n) is 9.74. The lowest BCUT2D eigenvalue weighted by molar-refractivity contribution is -0.146. The van der Waals surface area contributed by atoms with Crippen molar-refractivity contribution in [3.8, 4) is 0 Å². The molecule has 0 amide bonds. The average Bonchev–Trinajstić information content (AvgIpc) is 2.32. The quantitative estimate of drug-likeness (QED) is 0.870. The first kappa shape index (κ1) is 14.1. The van der Waals surface area contributed by atoms with Crippen molar-refractivity contribution in [2.24, 2.45) is 11.7 Å². The Morgan fingerprint density at radius 2 is 2.24 bits per heavy atom. The Kier molecular flexibility index (Phi) is 5.08. The normalized spacial score (nSPS) is 14.2. The van der Waals surface area contributed by atoms with E-state index >= 15 is 0 Å². The Morgan fingerprint density at radius 3 is 2.76 bits per heavy atom. The molecule has 0 bridgehead atoms. The third kappa shape index (κ3) is 3.26. The van der Waals surface area contributed by atoms with Crippen molar-refractivity contribution in [3.63, 3.8) is 0 Å². The Balaban J connectivity index is 3.05. The maximum Gasteiger partial charge on any atom is 0.310 e. The van der Waals surface area contributed by atoms with Gasteiger partial charge in [-0.15, -0.1) is 0 Å². The number of benzene rings is 1. The predicted molar refractivity (Wildman–Crippen MR) is 66.8 cm³/mol. The van der Waals surface area contributed by atoms with Crippen LogP contribution in [-0.2, 0) is 9.53 Å². The van der Waals surface area contributed by atoms with Crippen LogP contribution in [-0.4, -0.2) is 13.1 Å². The van der Waals surface area contributed by atoms with Crippen molar-refractivity contribution in [2.45, 2.75) is 19.4 Å². The van der Waals surface area contributed by atoms with E-state index in [4.69, 9.17) is 5.73 Å². The number of carbonyl (C=O) groups is 1. The molecule has 0 aromatic heterocycles. The number of halogens is 2. The third-order valence-corrected chi connectivity index (χ3v) is 3.19. The number of rotatable bonds is 4. The van der Waals surface area contributed by atoms with Crippen molar-refractivity contribution < 1.29 is 13.9 Å². The van der Waals surface area contributed by atoms with Crippen molar-refractivity contribution in [1.82, 2.24) is 0 Å². The molecule has 0 radical (unpaired) electrons. The second-order valence-electron chi connectivity index (χ2n) is 3.73. The SMILES string of the molecule is CCC(C(=O)OC)C(N)c1cc(Br)ccc1F. The summed E-state index contributed by atoms with van der Waals surface area (Å²) in [4.78, 5) is 11.5. The van der Waals surface area contributed by atoms with Crippen molar-refractivity contribution in [2.75, 3.05) is 7.11 Å². The fourth-order valence-electron chi connectivity index (χ4n) is 1.71. The van der Waals surface area contributed by atoms with E-state index in [-0.39, 0.29) is 0 Å². The van der Waals surface area contributed by atoms with Crippen LogP contribution in [0, 0.1) is 11.7 Å². The molecule has 1 rings (SSSR count). The molecule has 2 atom stereocenters. The fraction of sp³-hybridized carbons (Fsp3) is 0.417. The number of nitrogens with two attached hydrogens (primary N) is 1. The molecule has 0 heterocycles. The molecule has 1 aromatic rings. The van der Waals surface area contributed by atoms with Crippen LogP contribution in [0.25, 0.3) is 0 Å². The summed E-state index contributed by atoms with van der Waals surface area (Å²) in [6.07, 6.45) is 0.500. The van der Waals surface area contributed by atoms with Gasteiger partial charge < -0.3 is 10.5 Å². The van der Waals surface area contributed by atoms with Crippen molar-refractivity contribution >= 4 is 21.9 Å². The molecule has 0 aliphatic carbocycles. The highest BCUT2D eigenvalue weighted by Crippen LogP contribution is 2.27. The van der Waals surface area contributed by atoms with E-state index < -0.39 is 23.7 Å². The second kappa shape index (κ2) is 6.12. The first-order valence-corrected chi connectivity index (χ1v) is 6.08. The van der Waals surface area contributed by atoms with E-state index in [1.807, 2.05) is 6.92 Å². The third-order valence-electron chi connectivity index (χ3n) is 2.69. The van der Waals surface area contributed by atoms with Crippen LogP contribution < -0.4 is 5.73 Å². The smallest absolute Gasteiger partial charge is 0.310 e. The first-order valence-electron chi connectivity index (χ1n) is 5.29. The lowest BCUT2D eigenvalue weighted by Gasteiger charge is -2.21. The van der Waals surface area contributed by atoms with Gasteiger partial charge in [0.05, 0.1) is 13.0 Å². The van der Waals surface area contributed by atoms with Crippen LogP contribution in [0.2, 0.25) is 0 Å².